The summed E-state index contributed by atoms with van der Waals surface area (Å²) in [5, 5.41) is 3.59. The lowest BCUT2D eigenvalue weighted by Gasteiger charge is -2.37. The molecule has 3 aromatic rings. The second kappa shape index (κ2) is 9.92. The Labute approximate surface area is 206 Å². The van der Waals surface area contributed by atoms with Crippen LogP contribution in [0.15, 0.2) is 66.7 Å². The van der Waals surface area contributed by atoms with Crippen LogP contribution in [0.1, 0.15) is 26.3 Å². The summed E-state index contributed by atoms with van der Waals surface area (Å²) in [5.41, 5.74) is 3.90. The van der Waals surface area contributed by atoms with E-state index in [-0.39, 0.29) is 11.8 Å². The van der Waals surface area contributed by atoms with Gasteiger partial charge in [-0.3, -0.25) is 9.59 Å². The lowest BCUT2D eigenvalue weighted by atomic mass is 10.1. The van der Waals surface area contributed by atoms with Gasteiger partial charge in [-0.25, -0.2) is 0 Å². The Bertz CT molecular complexity index is 1140. The van der Waals surface area contributed by atoms with Crippen LogP contribution in [0.4, 0.5) is 11.4 Å². The van der Waals surface area contributed by atoms with Crippen LogP contribution in [0, 0.1) is 10.5 Å². The molecule has 5 nitrogen and oxygen atoms in total. The molecule has 0 bridgehead atoms. The maximum Gasteiger partial charge on any atom is 0.256 e. The summed E-state index contributed by atoms with van der Waals surface area (Å²) < 4.78 is 0.884. The number of piperazine rings is 1. The van der Waals surface area contributed by atoms with Crippen LogP contribution < -0.4 is 10.2 Å². The molecule has 1 aliphatic rings. The summed E-state index contributed by atoms with van der Waals surface area (Å²) >= 11 is 8.72. The van der Waals surface area contributed by atoms with E-state index in [4.69, 9.17) is 11.6 Å². The van der Waals surface area contributed by atoms with Gasteiger partial charge in [-0.2, -0.15) is 0 Å². The highest BCUT2D eigenvalue weighted by atomic mass is 127. The number of hydrogen-bond acceptors (Lipinski definition) is 3. The molecular formula is C25H23ClIN3O2. The molecule has 0 unspecified atom stereocenters. The number of hydrogen-bond donors (Lipinski definition) is 1. The van der Waals surface area contributed by atoms with Crippen molar-refractivity contribution in [2.24, 2.45) is 0 Å². The monoisotopic (exact) mass is 559 g/mol. The summed E-state index contributed by atoms with van der Waals surface area (Å²) in [4.78, 5) is 29.7. The summed E-state index contributed by atoms with van der Waals surface area (Å²) in [6.07, 6.45) is 0. The second-order valence-corrected chi connectivity index (χ2v) is 9.28. The minimum absolute atomic E-state index is 0.0380. The Balaban J connectivity index is 1.49. The molecule has 0 saturated carbocycles. The quantitative estimate of drug-likeness (QED) is 0.432. The van der Waals surface area contributed by atoms with Gasteiger partial charge in [-0.05, 0) is 65.9 Å². The van der Waals surface area contributed by atoms with Crippen LogP contribution in [0.3, 0.4) is 0 Å². The Hall–Kier alpha value is -2.58. The minimum atomic E-state index is -0.174. The fraction of sp³-hybridized carbons (Fsp3) is 0.200. The molecule has 0 spiro atoms. The van der Waals surface area contributed by atoms with E-state index in [0.29, 0.717) is 48.0 Å². The van der Waals surface area contributed by atoms with Crippen molar-refractivity contribution in [2.45, 2.75) is 6.92 Å². The van der Waals surface area contributed by atoms with Gasteiger partial charge in [0, 0.05) is 35.3 Å². The molecule has 2 amide bonds. The Morgan fingerprint density at radius 3 is 2.28 bits per heavy atom. The van der Waals surface area contributed by atoms with Gasteiger partial charge in [0.15, 0.2) is 0 Å². The molecule has 1 fully saturated rings. The van der Waals surface area contributed by atoms with Crippen molar-refractivity contribution in [3.8, 4) is 0 Å². The highest BCUT2D eigenvalue weighted by Crippen LogP contribution is 2.35. The maximum absolute atomic E-state index is 12.9. The standard InChI is InChI=1S/C25H23ClIN3O2/c1-17-9-11-18(12-10-17)25(32)30-15-13-29(14-16-30)23-20(26)6-4-8-22(23)28-24(31)19-5-2-3-7-21(19)27/h2-12H,13-16H2,1H3,(H,28,31). The molecule has 3 aromatic carbocycles. The number of carbonyl (C=O) groups is 2. The van der Waals surface area contributed by atoms with Gasteiger partial charge in [0.25, 0.3) is 11.8 Å². The van der Waals surface area contributed by atoms with E-state index in [0.717, 1.165) is 14.8 Å². The van der Waals surface area contributed by atoms with Crippen LogP contribution in [0.5, 0.6) is 0 Å². The molecule has 7 heteroatoms. The highest BCUT2D eigenvalue weighted by Gasteiger charge is 2.25. The average Bonchev–Trinajstić information content (AvgIpc) is 2.80. The molecule has 0 radical (unpaired) electrons. The molecule has 0 aliphatic carbocycles. The first kappa shape index (κ1) is 22.6. The van der Waals surface area contributed by atoms with E-state index in [2.05, 4.69) is 32.8 Å². The topological polar surface area (TPSA) is 52.7 Å². The summed E-state index contributed by atoms with van der Waals surface area (Å²) in [6, 6.07) is 20.6. The van der Waals surface area contributed by atoms with E-state index >= 15 is 0 Å². The van der Waals surface area contributed by atoms with Crippen LogP contribution in [-0.4, -0.2) is 42.9 Å². The van der Waals surface area contributed by atoms with E-state index in [1.54, 1.807) is 6.07 Å². The van der Waals surface area contributed by atoms with Crippen LogP contribution in [0.25, 0.3) is 0 Å². The molecular weight excluding hydrogens is 537 g/mol. The van der Waals surface area contributed by atoms with Gasteiger partial charge in [0.1, 0.15) is 0 Å². The van der Waals surface area contributed by atoms with Crippen molar-refractivity contribution in [1.82, 2.24) is 4.90 Å². The van der Waals surface area contributed by atoms with Crippen LogP contribution >= 0.6 is 34.2 Å². The number of amides is 2. The first-order chi connectivity index (χ1) is 15.4. The lowest BCUT2D eigenvalue weighted by Crippen LogP contribution is -2.49. The summed E-state index contributed by atoms with van der Waals surface area (Å²) in [5.74, 6) is -0.136. The first-order valence-electron chi connectivity index (χ1n) is 10.4. The molecule has 1 aliphatic heterocycles. The Morgan fingerprint density at radius 2 is 1.59 bits per heavy atom. The number of nitrogens with one attached hydrogen (secondary N) is 1. The normalized spacial score (nSPS) is 13.7. The molecule has 1 heterocycles. The van der Waals surface area contributed by atoms with E-state index < -0.39 is 0 Å². The van der Waals surface area contributed by atoms with Crippen LogP contribution in [-0.2, 0) is 0 Å². The number of halogens is 2. The highest BCUT2D eigenvalue weighted by molar-refractivity contribution is 14.1. The molecule has 0 aromatic heterocycles. The van der Waals surface area contributed by atoms with Crippen molar-refractivity contribution >= 4 is 57.4 Å². The number of nitrogens with zero attached hydrogens (tertiary/aromatic N) is 2. The zero-order chi connectivity index (χ0) is 22.7. The largest absolute Gasteiger partial charge is 0.365 e. The fourth-order valence-electron chi connectivity index (χ4n) is 3.78. The SMILES string of the molecule is Cc1ccc(C(=O)N2CCN(c3c(Cl)cccc3NC(=O)c3ccccc3I)CC2)cc1. The predicted molar refractivity (Wildman–Crippen MR) is 138 cm³/mol. The van der Waals surface area contributed by atoms with Gasteiger partial charge in [0.2, 0.25) is 0 Å². The van der Waals surface area contributed by atoms with Gasteiger partial charge in [-0.15, -0.1) is 0 Å². The van der Waals surface area contributed by atoms with Gasteiger partial charge in [-0.1, -0.05) is 47.5 Å². The lowest BCUT2D eigenvalue weighted by molar-refractivity contribution is 0.0746. The molecule has 1 saturated heterocycles. The zero-order valence-electron chi connectivity index (χ0n) is 17.6. The van der Waals surface area contributed by atoms with E-state index in [1.807, 2.05) is 72.5 Å². The van der Waals surface area contributed by atoms with Gasteiger partial charge < -0.3 is 15.1 Å². The second-order valence-electron chi connectivity index (χ2n) is 7.72. The third-order valence-electron chi connectivity index (χ3n) is 5.54. The molecule has 164 valence electrons. The van der Waals surface area contributed by atoms with Crippen molar-refractivity contribution in [1.29, 1.82) is 0 Å². The number of carbonyl (C=O) groups excluding carboxylic acids is 2. The van der Waals surface area contributed by atoms with E-state index in [9.17, 15) is 9.59 Å². The average molecular weight is 560 g/mol. The molecule has 32 heavy (non-hydrogen) atoms. The number of para-hydroxylation sites is 1. The third-order valence-corrected chi connectivity index (χ3v) is 6.78. The fourth-order valence-corrected chi connectivity index (χ4v) is 4.71. The molecule has 4 rings (SSSR count). The molecule has 1 N–H and O–H groups in total. The smallest absolute Gasteiger partial charge is 0.256 e. The third kappa shape index (κ3) is 4.91. The van der Waals surface area contributed by atoms with Crippen molar-refractivity contribution in [3.63, 3.8) is 0 Å². The van der Waals surface area contributed by atoms with Crippen molar-refractivity contribution < 1.29 is 9.59 Å². The summed E-state index contributed by atoms with van der Waals surface area (Å²) in [7, 11) is 0. The number of benzene rings is 3. The zero-order valence-corrected chi connectivity index (χ0v) is 20.6. The van der Waals surface area contributed by atoms with Gasteiger partial charge >= 0.3 is 0 Å². The first-order valence-corrected chi connectivity index (χ1v) is 11.8. The predicted octanol–water partition coefficient (Wildman–Crippen LogP) is 5.47. The van der Waals surface area contributed by atoms with Crippen molar-refractivity contribution in [3.05, 3.63) is 92.0 Å². The Kier molecular flexibility index (Phi) is 7.01. The van der Waals surface area contributed by atoms with Crippen LogP contribution in [0.2, 0.25) is 5.02 Å². The number of rotatable bonds is 4. The maximum atomic E-state index is 12.9. The molecule has 0 atom stereocenters. The minimum Gasteiger partial charge on any atom is -0.365 e. The summed E-state index contributed by atoms with van der Waals surface area (Å²) in [6.45, 7) is 4.44. The van der Waals surface area contributed by atoms with Gasteiger partial charge in [0.05, 0.1) is 22.0 Å². The Morgan fingerprint density at radius 1 is 0.906 bits per heavy atom. The number of aryl methyl sites for hydroxylation is 1. The van der Waals surface area contributed by atoms with Crippen molar-refractivity contribution in [2.75, 3.05) is 36.4 Å². The van der Waals surface area contributed by atoms with E-state index in [1.165, 1.54) is 0 Å². The number of anilines is 2.